The Morgan fingerprint density at radius 1 is 1.44 bits per heavy atom. The van der Waals surface area contributed by atoms with Crippen molar-refractivity contribution in [2.75, 3.05) is 31.2 Å². The Hall–Kier alpha value is -1.26. The van der Waals surface area contributed by atoms with Gasteiger partial charge in [-0.1, -0.05) is 6.08 Å². The number of nitrogens with zero attached hydrogens (tertiary/aromatic N) is 1. The van der Waals surface area contributed by atoms with Gasteiger partial charge in [0.25, 0.3) is 0 Å². The average Bonchev–Trinajstić information content (AvgIpc) is 2.80. The van der Waals surface area contributed by atoms with Gasteiger partial charge in [0.1, 0.15) is 11.9 Å². The molecule has 0 amide bonds. The quantitative estimate of drug-likeness (QED) is 0.789. The molecular formula is C12H17NO3. The Bertz CT molecular complexity index is 342. The van der Waals surface area contributed by atoms with Gasteiger partial charge in [-0.3, -0.25) is 0 Å². The largest absolute Gasteiger partial charge is 0.443 e. The molecule has 1 aliphatic rings. The van der Waals surface area contributed by atoms with Crippen LogP contribution in [0.3, 0.4) is 0 Å². The molecule has 4 nitrogen and oxygen atoms in total. The van der Waals surface area contributed by atoms with E-state index in [1.54, 1.807) is 6.08 Å². The minimum atomic E-state index is -0.590. The third kappa shape index (κ3) is 2.46. The maximum atomic E-state index is 9.72. The van der Waals surface area contributed by atoms with E-state index >= 15 is 0 Å². The summed E-state index contributed by atoms with van der Waals surface area (Å²) in [5.41, 5.74) is 0. The molecule has 1 aromatic heterocycles. The molecule has 0 bridgehead atoms. The van der Waals surface area contributed by atoms with Crippen molar-refractivity contribution in [3.63, 3.8) is 0 Å². The minimum absolute atomic E-state index is 0.510. The van der Waals surface area contributed by atoms with Crippen molar-refractivity contribution in [3.05, 3.63) is 30.5 Å². The highest BCUT2D eigenvalue weighted by Crippen LogP contribution is 2.25. The van der Waals surface area contributed by atoms with Crippen molar-refractivity contribution in [1.29, 1.82) is 0 Å². The van der Waals surface area contributed by atoms with E-state index < -0.39 is 6.10 Å². The number of anilines is 1. The van der Waals surface area contributed by atoms with Crippen LogP contribution in [-0.4, -0.2) is 31.4 Å². The summed E-state index contributed by atoms with van der Waals surface area (Å²) in [7, 11) is 0. The molecule has 4 heteroatoms. The molecule has 16 heavy (non-hydrogen) atoms. The molecule has 88 valence electrons. The van der Waals surface area contributed by atoms with Gasteiger partial charge in [0.2, 0.25) is 0 Å². The predicted octanol–water partition coefficient (Wildman–Crippen LogP) is 1.73. The maximum absolute atomic E-state index is 9.72. The highest BCUT2D eigenvalue weighted by atomic mass is 16.5. The van der Waals surface area contributed by atoms with Crippen LogP contribution < -0.4 is 4.90 Å². The first-order valence-corrected chi connectivity index (χ1v) is 5.52. The number of hydrogen-bond acceptors (Lipinski definition) is 4. The lowest BCUT2D eigenvalue weighted by atomic mass is 10.2. The minimum Gasteiger partial charge on any atom is -0.443 e. The van der Waals surface area contributed by atoms with E-state index in [1.807, 2.05) is 12.1 Å². The molecule has 1 N–H and O–H groups in total. The molecule has 2 heterocycles. The van der Waals surface area contributed by atoms with Gasteiger partial charge in [-0.25, -0.2) is 0 Å². The topological polar surface area (TPSA) is 45.8 Å². The van der Waals surface area contributed by atoms with Gasteiger partial charge >= 0.3 is 0 Å². The van der Waals surface area contributed by atoms with Crippen LogP contribution in [0.25, 0.3) is 0 Å². The van der Waals surface area contributed by atoms with Gasteiger partial charge in [0.15, 0.2) is 5.88 Å². The zero-order chi connectivity index (χ0) is 11.4. The van der Waals surface area contributed by atoms with Crippen molar-refractivity contribution in [1.82, 2.24) is 0 Å². The lowest BCUT2D eigenvalue weighted by Gasteiger charge is -2.26. The second-order valence-electron chi connectivity index (χ2n) is 3.82. The molecule has 1 atom stereocenters. The average molecular weight is 223 g/mol. The summed E-state index contributed by atoms with van der Waals surface area (Å²) in [4.78, 5) is 2.12. The zero-order valence-electron chi connectivity index (χ0n) is 9.26. The predicted molar refractivity (Wildman–Crippen MR) is 61.5 cm³/mol. The Morgan fingerprint density at radius 2 is 2.19 bits per heavy atom. The molecular weight excluding hydrogens is 206 g/mol. The summed E-state index contributed by atoms with van der Waals surface area (Å²) >= 11 is 0. The van der Waals surface area contributed by atoms with E-state index in [-0.39, 0.29) is 0 Å². The van der Waals surface area contributed by atoms with E-state index in [0.717, 1.165) is 32.2 Å². The number of ether oxygens (including phenoxy) is 1. The van der Waals surface area contributed by atoms with E-state index in [0.29, 0.717) is 12.2 Å². The number of hydrogen-bond donors (Lipinski definition) is 1. The van der Waals surface area contributed by atoms with E-state index in [9.17, 15) is 5.11 Å². The van der Waals surface area contributed by atoms with Gasteiger partial charge in [0, 0.05) is 19.2 Å². The first-order valence-electron chi connectivity index (χ1n) is 5.52. The van der Waals surface area contributed by atoms with Crippen LogP contribution in [0.2, 0.25) is 0 Å². The highest BCUT2D eigenvalue weighted by Gasteiger charge is 2.17. The Morgan fingerprint density at radius 3 is 2.88 bits per heavy atom. The number of aliphatic hydroxyl groups excluding tert-OH is 1. The number of rotatable bonds is 4. The Kier molecular flexibility index (Phi) is 3.64. The fraction of sp³-hybridized carbons (Fsp3) is 0.500. The van der Waals surface area contributed by atoms with Gasteiger partial charge < -0.3 is 19.2 Å². The van der Waals surface area contributed by atoms with Crippen LogP contribution in [0.4, 0.5) is 5.88 Å². The van der Waals surface area contributed by atoms with Crippen molar-refractivity contribution in [2.24, 2.45) is 0 Å². The van der Waals surface area contributed by atoms with Crippen LogP contribution in [0.15, 0.2) is 29.2 Å². The normalized spacial score (nSPS) is 18.4. The summed E-state index contributed by atoms with van der Waals surface area (Å²) in [6.45, 7) is 6.72. The molecule has 1 aliphatic heterocycles. The fourth-order valence-corrected chi connectivity index (χ4v) is 1.75. The molecule has 0 aliphatic carbocycles. The summed E-state index contributed by atoms with van der Waals surface area (Å²) in [5.74, 6) is 1.41. The molecule has 0 radical (unpaired) electrons. The standard InChI is InChI=1S/C12H17NO3/c1-2-3-10(14)11-4-5-12(16-11)13-6-8-15-9-7-13/h2,4-5,10,14H,1,3,6-9H2. The summed E-state index contributed by atoms with van der Waals surface area (Å²) in [6.07, 6.45) is 1.60. The third-order valence-corrected chi connectivity index (χ3v) is 2.65. The third-order valence-electron chi connectivity index (χ3n) is 2.65. The van der Waals surface area contributed by atoms with Crippen molar-refractivity contribution < 1.29 is 14.3 Å². The van der Waals surface area contributed by atoms with Crippen molar-refractivity contribution in [3.8, 4) is 0 Å². The smallest absolute Gasteiger partial charge is 0.195 e. The van der Waals surface area contributed by atoms with Crippen LogP contribution in [0, 0.1) is 0 Å². The first-order chi connectivity index (χ1) is 7.81. The Labute approximate surface area is 95.1 Å². The van der Waals surface area contributed by atoms with Gasteiger partial charge in [-0.05, 0) is 12.5 Å². The van der Waals surface area contributed by atoms with Gasteiger partial charge in [-0.2, -0.15) is 0 Å². The molecule has 0 saturated carbocycles. The van der Waals surface area contributed by atoms with Crippen LogP contribution in [0.5, 0.6) is 0 Å². The molecule has 0 spiro atoms. The van der Waals surface area contributed by atoms with Gasteiger partial charge in [-0.15, -0.1) is 6.58 Å². The summed E-state index contributed by atoms with van der Waals surface area (Å²) in [6, 6.07) is 3.71. The second kappa shape index (κ2) is 5.18. The fourth-order valence-electron chi connectivity index (χ4n) is 1.75. The van der Waals surface area contributed by atoms with Crippen LogP contribution in [-0.2, 0) is 4.74 Å². The SMILES string of the molecule is C=CCC(O)c1ccc(N2CCOCC2)o1. The first kappa shape index (κ1) is 11.2. The maximum Gasteiger partial charge on any atom is 0.195 e. The second-order valence-corrected chi connectivity index (χ2v) is 3.82. The van der Waals surface area contributed by atoms with Crippen molar-refractivity contribution in [2.45, 2.75) is 12.5 Å². The molecule has 0 aromatic carbocycles. The van der Waals surface area contributed by atoms with E-state index in [1.165, 1.54) is 0 Å². The molecule has 1 fully saturated rings. The summed E-state index contributed by atoms with van der Waals surface area (Å²) in [5, 5.41) is 9.72. The lowest BCUT2D eigenvalue weighted by Crippen LogP contribution is -2.35. The zero-order valence-corrected chi connectivity index (χ0v) is 9.26. The molecule has 1 unspecified atom stereocenters. The lowest BCUT2D eigenvalue weighted by molar-refractivity contribution is 0.119. The Balaban J connectivity index is 2.03. The highest BCUT2D eigenvalue weighted by molar-refractivity contribution is 5.37. The molecule has 1 aromatic rings. The van der Waals surface area contributed by atoms with Crippen LogP contribution >= 0.6 is 0 Å². The van der Waals surface area contributed by atoms with Crippen LogP contribution in [0.1, 0.15) is 18.3 Å². The van der Waals surface area contributed by atoms with Crippen molar-refractivity contribution >= 4 is 5.88 Å². The monoisotopic (exact) mass is 223 g/mol. The number of morpholine rings is 1. The number of aliphatic hydroxyl groups is 1. The summed E-state index contributed by atoms with van der Waals surface area (Å²) < 4.78 is 10.9. The molecule has 2 rings (SSSR count). The van der Waals surface area contributed by atoms with Gasteiger partial charge in [0.05, 0.1) is 13.2 Å². The van der Waals surface area contributed by atoms with E-state index in [4.69, 9.17) is 9.15 Å². The molecule has 1 saturated heterocycles. The number of furan rings is 1. The van der Waals surface area contributed by atoms with E-state index in [2.05, 4.69) is 11.5 Å².